The molecule has 0 radical (unpaired) electrons. The smallest absolute Gasteiger partial charge is 0.265 e. The van der Waals surface area contributed by atoms with Gasteiger partial charge in [-0.2, -0.15) is 0 Å². The summed E-state index contributed by atoms with van der Waals surface area (Å²) in [6.07, 6.45) is 3.43. The molecule has 6 nitrogen and oxygen atoms in total. The Labute approximate surface area is 184 Å². The molecule has 0 spiro atoms. The normalized spacial score (nSPS) is 10.8. The standard InChI is InChI=1S/C22H23ClN4O2S/c1-27(2)11-10-25-20(28)13-16-12-19(22(29)26-18-4-3-9-24-14-18)30-21(16)15-5-7-17(23)8-6-15/h3-9,12,14H,10-11,13H2,1-2H3,(H,25,28)(H,26,29). The van der Waals surface area contributed by atoms with Gasteiger partial charge in [-0.15, -0.1) is 11.3 Å². The number of nitrogens with one attached hydrogen (secondary N) is 2. The van der Waals surface area contributed by atoms with Gasteiger partial charge >= 0.3 is 0 Å². The number of aromatic nitrogens is 1. The van der Waals surface area contributed by atoms with E-state index in [-0.39, 0.29) is 18.2 Å². The molecular formula is C22H23ClN4O2S. The fourth-order valence-electron chi connectivity index (χ4n) is 2.80. The van der Waals surface area contributed by atoms with Crippen molar-refractivity contribution in [1.82, 2.24) is 15.2 Å². The van der Waals surface area contributed by atoms with Crippen LogP contribution in [-0.2, 0) is 11.2 Å². The third kappa shape index (κ3) is 6.13. The Bertz CT molecular complexity index is 1000. The van der Waals surface area contributed by atoms with Crippen molar-refractivity contribution in [1.29, 1.82) is 0 Å². The van der Waals surface area contributed by atoms with E-state index in [4.69, 9.17) is 11.6 Å². The summed E-state index contributed by atoms with van der Waals surface area (Å²) >= 11 is 7.37. The fourth-order valence-corrected chi connectivity index (χ4v) is 4.01. The number of halogens is 1. The first-order valence-electron chi connectivity index (χ1n) is 9.44. The summed E-state index contributed by atoms with van der Waals surface area (Å²) in [7, 11) is 3.91. The van der Waals surface area contributed by atoms with Crippen LogP contribution < -0.4 is 10.6 Å². The van der Waals surface area contributed by atoms with E-state index < -0.39 is 0 Å². The number of hydrogen-bond acceptors (Lipinski definition) is 5. The third-order valence-corrected chi connectivity index (χ3v) is 5.77. The number of likely N-dealkylation sites (N-methyl/N-ethyl adjacent to an activating group) is 1. The molecule has 3 aromatic rings. The van der Waals surface area contributed by atoms with E-state index in [1.807, 2.05) is 31.1 Å². The predicted molar refractivity (Wildman–Crippen MR) is 122 cm³/mol. The molecule has 0 bridgehead atoms. The highest BCUT2D eigenvalue weighted by atomic mass is 35.5. The number of anilines is 1. The molecule has 3 rings (SSSR count). The van der Waals surface area contributed by atoms with Crippen molar-refractivity contribution in [3.05, 3.63) is 70.3 Å². The number of rotatable bonds is 8. The lowest BCUT2D eigenvalue weighted by molar-refractivity contribution is -0.120. The largest absolute Gasteiger partial charge is 0.355 e. The van der Waals surface area contributed by atoms with E-state index in [2.05, 4.69) is 15.6 Å². The Hall–Kier alpha value is -2.74. The quantitative estimate of drug-likeness (QED) is 0.554. The van der Waals surface area contributed by atoms with Gasteiger partial charge in [-0.1, -0.05) is 23.7 Å². The van der Waals surface area contributed by atoms with Gasteiger partial charge in [0, 0.05) is 29.2 Å². The Morgan fingerprint density at radius 3 is 2.60 bits per heavy atom. The molecule has 2 amide bonds. The molecule has 0 saturated heterocycles. The van der Waals surface area contributed by atoms with Crippen LogP contribution in [0.4, 0.5) is 5.69 Å². The number of nitrogens with zero attached hydrogens (tertiary/aromatic N) is 2. The first-order chi connectivity index (χ1) is 14.4. The number of hydrogen-bond donors (Lipinski definition) is 2. The lowest BCUT2D eigenvalue weighted by Gasteiger charge is -2.10. The molecule has 0 fully saturated rings. The fraction of sp³-hybridized carbons (Fsp3) is 0.227. The molecule has 8 heteroatoms. The molecule has 0 aliphatic heterocycles. The number of benzene rings is 1. The zero-order chi connectivity index (χ0) is 21.5. The summed E-state index contributed by atoms with van der Waals surface area (Å²) in [6.45, 7) is 1.33. The Morgan fingerprint density at radius 1 is 1.17 bits per heavy atom. The maximum Gasteiger partial charge on any atom is 0.265 e. The van der Waals surface area contributed by atoms with Gasteiger partial charge < -0.3 is 15.5 Å². The van der Waals surface area contributed by atoms with E-state index in [1.54, 1.807) is 42.7 Å². The van der Waals surface area contributed by atoms with Gasteiger partial charge in [-0.05, 0) is 55.6 Å². The molecule has 0 aliphatic carbocycles. The lowest BCUT2D eigenvalue weighted by Crippen LogP contribution is -2.32. The van der Waals surface area contributed by atoms with Gasteiger partial charge in [0.2, 0.25) is 5.91 Å². The number of amides is 2. The molecule has 2 heterocycles. The highest BCUT2D eigenvalue weighted by Gasteiger charge is 2.18. The van der Waals surface area contributed by atoms with Crippen molar-refractivity contribution >= 4 is 40.4 Å². The van der Waals surface area contributed by atoms with Gasteiger partial charge in [0.15, 0.2) is 0 Å². The average Bonchev–Trinajstić information content (AvgIpc) is 3.13. The molecular weight excluding hydrogens is 420 g/mol. The van der Waals surface area contributed by atoms with Crippen LogP contribution >= 0.6 is 22.9 Å². The summed E-state index contributed by atoms with van der Waals surface area (Å²) in [6, 6.07) is 12.7. The summed E-state index contributed by atoms with van der Waals surface area (Å²) < 4.78 is 0. The number of carbonyl (C=O) groups excluding carboxylic acids is 2. The van der Waals surface area contributed by atoms with Gasteiger partial charge in [-0.3, -0.25) is 14.6 Å². The number of carbonyl (C=O) groups is 2. The van der Waals surface area contributed by atoms with Crippen LogP contribution in [0, 0.1) is 0 Å². The molecule has 0 unspecified atom stereocenters. The Morgan fingerprint density at radius 2 is 1.93 bits per heavy atom. The molecule has 1 aromatic carbocycles. The average molecular weight is 443 g/mol. The van der Waals surface area contributed by atoms with Gasteiger partial charge in [0.05, 0.1) is 23.2 Å². The Balaban J connectivity index is 1.82. The summed E-state index contributed by atoms with van der Waals surface area (Å²) in [5, 5.41) is 6.40. The van der Waals surface area contributed by atoms with Crippen molar-refractivity contribution in [3.63, 3.8) is 0 Å². The van der Waals surface area contributed by atoms with Crippen molar-refractivity contribution in [3.8, 4) is 10.4 Å². The van der Waals surface area contributed by atoms with Gasteiger partial charge in [0.25, 0.3) is 5.91 Å². The van der Waals surface area contributed by atoms with Crippen LogP contribution in [0.15, 0.2) is 54.9 Å². The maximum absolute atomic E-state index is 12.7. The Kier molecular flexibility index (Phi) is 7.57. The molecule has 0 saturated carbocycles. The highest BCUT2D eigenvalue weighted by molar-refractivity contribution is 7.17. The minimum absolute atomic E-state index is 0.0796. The maximum atomic E-state index is 12.7. The summed E-state index contributed by atoms with van der Waals surface area (Å²) in [4.78, 5) is 32.6. The van der Waals surface area contributed by atoms with Gasteiger partial charge in [0.1, 0.15) is 0 Å². The van der Waals surface area contributed by atoms with E-state index in [9.17, 15) is 9.59 Å². The minimum Gasteiger partial charge on any atom is -0.355 e. The van der Waals surface area contributed by atoms with E-state index in [0.29, 0.717) is 22.1 Å². The van der Waals surface area contributed by atoms with E-state index >= 15 is 0 Å². The van der Waals surface area contributed by atoms with Crippen LogP contribution in [0.2, 0.25) is 5.02 Å². The second-order valence-corrected chi connectivity index (χ2v) is 8.49. The molecule has 2 N–H and O–H groups in total. The predicted octanol–water partition coefficient (Wildman–Crippen LogP) is 3.94. The number of thiophene rings is 1. The molecule has 2 aromatic heterocycles. The zero-order valence-corrected chi connectivity index (χ0v) is 18.4. The SMILES string of the molecule is CN(C)CCNC(=O)Cc1cc(C(=O)Nc2cccnc2)sc1-c1ccc(Cl)cc1. The molecule has 30 heavy (non-hydrogen) atoms. The van der Waals surface area contributed by atoms with Crippen molar-refractivity contribution < 1.29 is 9.59 Å². The summed E-state index contributed by atoms with van der Waals surface area (Å²) in [5.41, 5.74) is 2.34. The first kappa shape index (κ1) is 22.0. The zero-order valence-electron chi connectivity index (χ0n) is 16.8. The minimum atomic E-state index is -0.234. The lowest BCUT2D eigenvalue weighted by atomic mass is 10.1. The van der Waals surface area contributed by atoms with Crippen LogP contribution in [0.3, 0.4) is 0 Å². The van der Waals surface area contributed by atoms with Crippen LogP contribution in [0.25, 0.3) is 10.4 Å². The van der Waals surface area contributed by atoms with Crippen molar-refractivity contribution in [2.75, 3.05) is 32.5 Å². The summed E-state index contributed by atoms with van der Waals surface area (Å²) in [5.74, 6) is -0.313. The molecule has 156 valence electrons. The second kappa shape index (κ2) is 10.3. The molecule has 0 aliphatic rings. The second-order valence-electron chi connectivity index (χ2n) is 7.00. The first-order valence-corrected chi connectivity index (χ1v) is 10.6. The van der Waals surface area contributed by atoms with Crippen molar-refractivity contribution in [2.24, 2.45) is 0 Å². The highest BCUT2D eigenvalue weighted by Crippen LogP contribution is 2.34. The number of pyridine rings is 1. The van der Waals surface area contributed by atoms with Gasteiger partial charge in [-0.25, -0.2) is 0 Å². The topological polar surface area (TPSA) is 74.3 Å². The van der Waals surface area contributed by atoms with E-state index in [1.165, 1.54) is 11.3 Å². The third-order valence-electron chi connectivity index (χ3n) is 4.29. The van der Waals surface area contributed by atoms with E-state index in [0.717, 1.165) is 22.5 Å². The van der Waals surface area contributed by atoms with Crippen LogP contribution in [-0.4, -0.2) is 48.9 Å². The van der Waals surface area contributed by atoms with Crippen LogP contribution in [0.1, 0.15) is 15.2 Å². The van der Waals surface area contributed by atoms with Crippen LogP contribution in [0.5, 0.6) is 0 Å². The molecule has 0 atom stereocenters. The van der Waals surface area contributed by atoms with Crippen molar-refractivity contribution in [2.45, 2.75) is 6.42 Å². The monoisotopic (exact) mass is 442 g/mol.